The Kier molecular flexibility index (Phi) is 8.17. The Bertz CT molecular complexity index is 916. The van der Waals surface area contributed by atoms with Crippen LogP contribution in [0.5, 0.6) is 0 Å². The van der Waals surface area contributed by atoms with Crippen LogP contribution in [0, 0.1) is 6.92 Å². The average molecular weight is 418 g/mol. The minimum absolute atomic E-state index is 0.202. The number of esters is 1. The molecule has 0 saturated carbocycles. The van der Waals surface area contributed by atoms with Crippen molar-refractivity contribution in [3.05, 3.63) is 64.7 Å². The molecule has 0 atom stereocenters. The van der Waals surface area contributed by atoms with E-state index in [4.69, 9.17) is 16.3 Å². The molecule has 29 heavy (non-hydrogen) atoms. The zero-order valence-electron chi connectivity index (χ0n) is 15.7. The van der Waals surface area contributed by atoms with Crippen molar-refractivity contribution in [1.82, 2.24) is 10.9 Å². The number of hydrazine groups is 1. The van der Waals surface area contributed by atoms with Crippen LogP contribution in [0.1, 0.15) is 28.8 Å². The number of ether oxygens (including phenoxy) is 1. The van der Waals surface area contributed by atoms with Crippen LogP contribution in [0.25, 0.3) is 0 Å². The molecule has 0 unspecified atom stereocenters. The highest BCUT2D eigenvalue weighted by molar-refractivity contribution is 6.33. The summed E-state index contributed by atoms with van der Waals surface area (Å²) in [5.41, 5.74) is 6.17. The van der Waals surface area contributed by atoms with Crippen LogP contribution in [0.15, 0.2) is 48.5 Å². The van der Waals surface area contributed by atoms with Gasteiger partial charge in [0.05, 0.1) is 17.0 Å². The molecule has 0 aliphatic heterocycles. The summed E-state index contributed by atoms with van der Waals surface area (Å²) in [6.07, 6.45) is -0.466. The number of benzene rings is 2. The van der Waals surface area contributed by atoms with Gasteiger partial charge < -0.3 is 10.1 Å². The molecule has 152 valence electrons. The van der Waals surface area contributed by atoms with Gasteiger partial charge in [0.2, 0.25) is 5.91 Å². The van der Waals surface area contributed by atoms with E-state index in [-0.39, 0.29) is 23.4 Å². The van der Waals surface area contributed by atoms with Gasteiger partial charge in [0.25, 0.3) is 11.8 Å². The Morgan fingerprint density at radius 1 is 0.931 bits per heavy atom. The summed E-state index contributed by atoms with van der Waals surface area (Å²) in [5.74, 6) is -2.37. The number of hydrogen-bond donors (Lipinski definition) is 3. The predicted molar refractivity (Wildman–Crippen MR) is 107 cm³/mol. The van der Waals surface area contributed by atoms with Crippen LogP contribution >= 0.6 is 11.6 Å². The van der Waals surface area contributed by atoms with E-state index in [1.165, 1.54) is 6.07 Å². The Morgan fingerprint density at radius 2 is 1.69 bits per heavy atom. The largest absolute Gasteiger partial charge is 0.456 e. The summed E-state index contributed by atoms with van der Waals surface area (Å²) in [4.78, 5) is 47.1. The van der Waals surface area contributed by atoms with E-state index in [0.29, 0.717) is 5.69 Å². The second-order valence-corrected chi connectivity index (χ2v) is 6.47. The molecule has 0 spiro atoms. The lowest BCUT2D eigenvalue weighted by molar-refractivity contribution is -0.148. The molecule has 3 amide bonds. The summed E-state index contributed by atoms with van der Waals surface area (Å²) in [5, 5.41) is 2.84. The van der Waals surface area contributed by atoms with E-state index in [9.17, 15) is 19.2 Å². The quantitative estimate of drug-likeness (QED) is 0.472. The topological polar surface area (TPSA) is 114 Å². The van der Waals surface area contributed by atoms with Gasteiger partial charge in [-0.05, 0) is 36.8 Å². The zero-order valence-corrected chi connectivity index (χ0v) is 16.4. The SMILES string of the molecule is Cc1cccc(NC(=O)COC(=O)CCC(=O)NNC(=O)c2ccccc2Cl)c1. The second-order valence-electron chi connectivity index (χ2n) is 6.06. The highest BCUT2D eigenvalue weighted by Crippen LogP contribution is 2.14. The normalized spacial score (nSPS) is 10.0. The molecule has 0 bridgehead atoms. The van der Waals surface area contributed by atoms with Crippen molar-refractivity contribution in [3.8, 4) is 0 Å². The molecule has 2 aromatic rings. The Balaban J connectivity index is 1.65. The highest BCUT2D eigenvalue weighted by atomic mass is 35.5. The van der Waals surface area contributed by atoms with E-state index in [1.54, 1.807) is 36.4 Å². The van der Waals surface area contributed by atoms with Gasteiger partial charge in [-0.2, -0.15) is 0 Å². The number of carbonyl (C=O) groups is 4. The van der Waals surface area contributed by atoms with Gasteiger partial charge in [-0.15, -0.1) is 0 Å². The first-order valence-electron chi connectivity index (χ1n) is 8.71. The van der Waals surface area contributed by atoms with Crippen molar-refractivity contribution in [2.45, 2.75) is 19.8 Å². The first kappa shape index (κ1) is 21.9. The Labute approximate surface area is 172 Å². The van der Waals surface area contributed by atoms with Gasteiger partial charge in [-0.3, -0.25) is 30.0 Å². The number of carbonyl (C=O) groups excluding carboxylic acids is 4. The monoisotopic (exact) mass is 417 g/mol. The molecule has 2 rings (SSSR count). The summed E-state index contributed by atoms with van der Waals surface area (Å²) in [7, 11) is 0. The number of aryl methyl sites for hydroxylation is 1. The van der Waals surface area contributed by atoms with Crippen molar-refractivity contribution in [1.29, 1.82) is 0 Å². The van der Waals surface area contributed by atoms with Gasteiger partial charge in [0, 0.05) is 12.1 Å². The molecule has 0 aliphatic carbocycles. The smallest absolute Gasteiger partial charge is 0.306 e. The van der Waals surface area contributed by atoms with E-state index >= 15 is 0 Å². The number of nitrogens with one attached hydrogen (secondary N) is 3. The van der Waals surface area contributed by atoms with E-state index < -0.39 is 30.3 Å². The van der Waals surface area contributed by atoms with Crippen molar-refractivity contribution in [2.24, 2.45) is 0 Å². The third-order valence-corrected chi connectivity index (χ3v) is 3.99. The fourth-order valence-corrected chi connectivity index (χ4v) is 2.48. The first-order chi connectivity index (χ1) is 13.8. The van der Waals surface area contributed by atoms with E-state index in [1.807, 2.05) is 13.0 Å². The van der Waals surface area contributed by atoms with E-state index in [2.05, 4.69) is 16.2 Å². The Hall–Kier alpha value is -3.39. The maximum absolute atomic E-state index is 11.9. The average Bonchev–Trinajstić information content (AvgIpc) is 2.69. The molecule has 0 fully saturated rings. The third-order valence-electron chi connectivity index (χ3n) is 3.66. The molecule has 0 aliphatic rings. The van der Waals surface area contributed by atoms with Gasteiger partial charge in [-0.1, -0.05) is 35.9 Å². The lowest BCUT2D eigenvalue weighted by atomic mass is 10.2. The molecule has 3 N–H and O–H groups in total. The molecule has 2 aromatic carbocycles. The first-order valence-corrected chi connectivity index (χ1v) is 9.09. The molecule has 0 saturated heterocycles. The molecule has 0 radical (unpaired) electrons. The van der Waals surface area contributed by atoms with Gasteiger partial charge in [0.15, 0.2) is 6.61 Å². The predicted octanol–water partition coefficient (Wildman–Crippen LogP) is 2.37. The minimum Gasteiger partial charge on any atom is -0.456 e. The fourth-order valence-electron chi connectivity index (χ4n) is 2.26. The van der Waals surface area contributed by atoms with Crippen LogP contribution in [-0.2, 0) is 19.1 Å². The standard InChI is InChI=1S/C20H20ClN3O5/c1-13-5-4-6-14(11-13)22-18(26)12-29-19(27)10-9-17(25)23-24-20(28)15-7-2-3-8-16(15)21/h2-8,11H,9-10,12H2,1H3,(H,22,26)(H,23,25)(H,24,28). The Morgan fingerprint density at radius 3 is 2.41 bits per heavy atom. The van der Waals surface area contributed by atoms with E-state index in [0.717, 1.165) is 5.56 Å². The molecule has 0 heterocycles. The maximum Gasteiger partial charge on any atom is 0.306 e. The second kappa shape index (κ2) is 10.8. The van der Waals surface area contributed by atoms with Crippen LogP contribution in [-0.4, -0.2) is 30.3 Å². The number of rotatable bonds is 7. The van der Waals surface area contributed by atoms with Gasteiger partial charge >= 0.3 is 5.97 Å². The lowest BCUT2D eigenvalue weighted by Gasteiger charge is -2.09. The molecular formula is C20H20ClN3O5. The number of hydrogen-bond acceptors (Lipinski definition) is 5. The fraction of sp³-hybridized carbons (Fsp3) is 0.200. The third kappa shape index (κ3) is 7.63. The number of amides is 3. The van der Waals surface area contributed by atoms with Crippen molar-refractivity contribution in [2.75, 3.05) is 11.9 Å². The summed E-state index contributed by atoms with van der Waals surface area (Å²) < 4.78 is 4.83. The van der Waals surface area contributed by atoms with Crippen LogP contribution in [0.4, 0.5) is 5.69 Å². The van der Waals surface area contributed by atoms with Crippen LogP contribution < -0.4 is 16.2 Å². The lowest BCUT2D eigenvalue weighted by Crippen LogP contribution is -2.41. The van der Waals surface area contributed by atoms with Crippen molar-refractivity contribution >= 4 is 41.0 Å². The molecule has 9 heteroatoms. The maximum atomic E-state index is 11.9. The summed E-state index contributed by atoms with van der Waals surface area (Å²) in [6, 6.07) is 13.5. The van der Waals surface area contributed by atoms with Crippen molar-refractivity contribution < 1.29 is 23.9 Å². The summed E-state index contributed by atoms with van der Waals surface area (Å²) in [6.45, 7) is 1.43. The molecule has 8 nitrogen and oxygen atoms in total. The van der Waals surface area contributed by atoms with Gasteiger partial charge in [0.1, 0.15) is 0 Å². The van der Waals surface area contributed by atoms with Crippen LogP contribution in [0.2, 0.25) is 5.02 Å². The van der Waals surface area contributed by atoms with Gasteiger partial charge in [-0.25, -0.2) is 0 Å². The number of halogens is 1. The molecule has 0 aromatic heterocycles. The molecular weight excluding hydrogens is 398 g/mol. The van der Waals surface area contributed by atoms with Crippen LogP contribution in [0.3, 0.4) is 0 Å². The highest BCUT2D eigenvalue weighted by Gasteiger charge is 2.13. The van der Waals surface area contributed by atoms with Crippen molar-refractivity contribution in [3.63, 3.8) is 0 Å². The minimum atomic E-state index is -0.711. The number of anilines is 1. The summed E-state index contributed by atoms with van der Waals surface area (Å²) >= 11 is 5.89. The zero-order chi connectivity index (χ0) is 21.2.